The third-order valence-electron chi connectivity index (χ3n) is 14.1. The van der Waals surface area contributed by atoms with Crippen LogP contribution in [0.3, 0.4) is 0 Å². The maximum Gasteiger partial charge on any atom is 0.135 e. The zero-order valence-electron chi connectivity index (χ0n) is 46.2. The molecule has 7 aromatic carbocycles. The number of hydrogen-bond acceptors (Lipinski definition) is 4. The molecule has 0 unspecified atom stereocenters. The van der Waals surface area contributed by atoms with E-state index in [1.165, 1.54) is 44.5 Å². The summed E-state index contributed by atoms with van der Waals surface area (Å²) in [7, 11) is 4.69. The molecule has 0 fully saturated rings. The molecule has 5 nitrogen and oxygen atoms in total. The molecule has 9 aromatic rings. The molecule has 0 aliphatic heterocycles. The molecule has 0 spiro atoms. The molecular formula is C68H73N4OPt-3. The van der Waals surface area contributed by atoms with E-state index in [1.807, 2.05) is 35.4 Å². The second kappa shape index (κ2) is 20.0. The normalized spacial score (nSPS) is 12.5. The summed E-state index contributed by atoms with van der Waals surface area (Å²) in [6.07, 6.45) is 1.91. The molecule has 0 aliphatic carbocycles. The Hall–Kier alpha value is -6.42. The minimum Gasteiger partial charge on any atom is -0.516 e. The number of rotatable bonds is 9. The zero-order valence-corrected chi connectivity index (χ0v) is 48.5. The predicted octanol–water partition coefficient (Wildman–Crippen LogP) is 19.1. The molecule has 0 amide bonds. The van der Waals surface area contributed by atoms with Crippen LogP contribution in [0.4, 0.5) is 22.7 Å². The van der Waals surface area contributed by atoms with Gasteiger partial charge in [0.05, 0.1) is 5.69 Å². The standard InChI is InChI=1S/C68H73N4O.Pt/c1-64(2,3)48-26-29-59(70-53-36-47(35-52(39-53)68(13,14)15)46-33-50(66(7,8)9)38-51(34-46)67(10,11)12)62(40-48)71(16)54-23-20-24-55(42-54)73-56-27-28-57-58-37-45(44-21-18-17-19-22-44)25-30-60(58)72(61(57)43-56)63-41-49(31-32-69-63)65(4,5)6;/h17-41,70H,16H2,1-15H3;/q-3;. The Labute approximate surface area is 456 Å². The molecule has 0 atom stereocenters. The van der Waals surface area contributed by atoms with Crippen LogP contribution in [0.2, 0.25) is 0 Å². The fourth-order valence-corrected chi connectivity index (χ4v) is 9.38. The average Bonchev–Trinajstić information content (AvgIpc) is 3.65. The number of nitrogens with zero attached hydrogens (tertiary/aromatic N) is 3. The molecular weight excluding hydrogens is 1080 g/mol. The number of anilines is 4. The number of fused-ring (bicyclic) bond motifs is 3. The van der Waals surface area contributed by atoms with Crippen LogP contribution in [0, 0.1) is 19.2 Å². The van der Waals surface area contributed by atoms with Crippen molar-refractivity contribution >= 4 is 44.6 Å². The first kappa shape index (κ1) is 53.9. The van der Waals surface area contributed by atoms with E-state index >= 15 is 0 Å². The van der Waals surface area contributed by atoms with E-state index < -0.39 is 0 Å². The van der Waals surface area contributed by atoms with Gasteiger partial charge in [0.1, 0.15) is 5.82 Å². The smallest absolute Gasteiger partial charge is 0.135 e. The van der Waals surface area contributed by atoms with Crippen LogP contribution in [0.1, 0.15) is 132 Å². The molecule has 6 heteroatoms. The van der Waals surface area contributed by atoms with Gasteiger partial charge in [-0.25, -0.2) is 4.98 Å². The van der Waals surface area contributed by atoms with Crippen molar-refractivity contribution in [3.63, 3.8) is 0 Å². The number of ether oxygens (including phenoxy) is 1. The van der Waals surface area contributed by atoms with E-state index in [4.69, 9.17) is 16.8 Å². The minimum absolute atomic E-state index is 0. The molecule has 9 rings (SSSR count). The number of benzene rings is 7. The van der Waals surface area contributed by atoms with Crippen molar-refractivity contribution in [2.45, 2.75) is 131 Å². The van der Waals surface area contributed by atoms with Crippen LogP contribution in [-0.4, -0.2) is 9.55 Å². The Morgan fingerprint density at radius 1 is 0.486 bits per heavy atom. The first-order chi connectivity index (χ1) is 34.2. The van der Waals surface area contributed by atoms with Crippen LogP contribution in [0.5, 0.6) is 11.5 Å². The van der Waals surface area contributed by atoms with Crippen LogP contribution < -0.4 is 15.0 Å². The number of aromatic nitrogens is 2. The van der Waals surface area contributed by atoms with Crippen molar-refractivity contribution in [1.82, 2.24) is 9.55 Å². The van der Waals surface area contributed by atoms with Gasteiger partial charge in [0, 0.05) is 55.7 Å². The second-order valence-electron chi connectivity index (χ2n) is 25.1. The summed E-state index contributed by atoms with van der Waals surface area (Å²) in [5.74, 6) is 1.96. The molecule has 0 saturated heterocycles. The van der Waals surface area contributed by atoms with Crippen molar-refractivity contribution in [1.29, 1.82) is 0 Å². The summed E-state index contributed by atoms with van der Waals surface area (Å²) in [5, 5.41) is 6.09. The summed E-state index contributed by atoms with van der Waals surface area (Å²) in [6, 6.07) is 59.6. The monoisotopic (exact) mass is 1160 g/mol. The molecule has 0 radical (unpaired) electrons. The molecule has 2 heterocycles. The molecule has 0 aliphatic rings. The second-order valence-corrected chi connectivity index (χ2v) is 25.1. The Kier molecular flexibility index (Phi) is 14.6. The van der Waals surface area contributed by atoms with Gasteiger partial charge in [0.25, 0.3) is 0 Å². The van der Waals surface area contributed by atoms with Gasteiger partial charge < -0.3 is 19.5 Å². The Morgan fingerprint density at radius 2 is 1.08 bits per heavy atom. The number of pyridine rings is 1. The molecule has 2 aromatic heterocycles. The third-order valence-corrected chi connectivity index (χ3v) is 14.1. The number of nitrogens with one attached hydrogen (secondary N) is 1. The molecule has 384 valence electrons. The quantitative estimate of drug-likeness (QED) is 0.146. The van der Waals surface area contributed by atoms with Crippen molar-refractivity contribution in [3.05, 3.63) is 199 Å². The van der Waals surface area contributed by atoms with E-state index in [1.54, 1.807) is 0 Å². The molecule has 74 heavy (non-hydrogen) atoms. The fourth-order valence-electron chi connectivity index (χ4n) is 9.38. The van der Waals surface area contributed by atoms with Gasteiger partial charge in [-0.1, -0.05) is 182 Å². The van der Waals surface area contributed by atoms with E-state index in [2.05, 4.69) is 247 Å². The van der Waals surface area contributed by atoms with Gasteiger partial charge in [-0.15, -0.1) is 41.4 Å². The van der Waals surface area contributed by atoms with Crippen molar-refractivity contribution in [2.75, 3.05) is 10.2 Å². The van der Waals surface area contributed by atoms with Gasteiger partial charge in [-0.05, 0) is 125 Å². The maximum absolute atomic E-state index is 6.72. The maximum atomic E-state index is 6.72. The topological polar surface area (TPSA) is 42.3 Å². The summed E-state index contributed by atoms with van der Waals surface area (Å²) >= 11 is 0. The van der Waals surface area contributed by atoms with Crippen LogP contribution >= 0.6 is 0 Å². The minimum atomic E-state index is -0.103. The van der Waals surface area contributed by atoms with Gasteiger partial charge in [-0.2, -0.15) is 12.1 Å². The van der Waals surface area contributed by atoms with Crippen LogP contribution in [0.25, 0.3) is 49.9 Å². The predicted molar refractivity (Wildman–Crippen MR) is 311 cm³/mol. The van der Waals surface area contributed by atoms with Crippen LogP contribution in [-0.2, 0) is 48.1 Å². The molecule has 0 saturated carbocycles. The zero-order chi connectivity index (χ0) is 52.4. The summed E-state index contributed by atoms with van der Waals surface area (Å²) in [4.78, 5) is 6.90. The molecule has 1 N–H and O–H groups in total. The molecule has 0 bridgehead atoms. The van der Waals surface area contributed by atoms with Gasteiger partial charge in [0.15, 0.2) is 0 Å². The van der Waals surface area contributed by atoms with Crippen molar-refractivity contribution in [3.8, 4) is 39.6 Å². The SMILES string of the molecule is [CH2-]N(c1[c-]c(Oc2[c-]c3c(cc2)c2cc(-c4ccccc4)ccc2n3-c2cc(C(C)(C)C)ccn2)ccc1)c1cc(C(C)(C)C)ccc1Nc1cc(-c2cc(C(C)(C)C)cc(C(C)(C)C)c2)cc(C(C)(C)C)c1.[Pt]. The van der Waals surface area contributed by atoms with E-state index in [-0.39, 0.29) is 48.1 Å². The first-order valence-corrected chi connectivity index (χ1v) is 25.8. The van der Waals surface area contributed by atoms with Crippen molar-refractivity contribution < 1.29 is 25.8 Å². The van der Waals surface area contributed by atoms with E-state index in [0.717, 1.165) is 55.9 Å². The summed E-state index contributed by atoms with van der Waals surface area (Å²) in [5.41, 5.74) is 16.4. The average molecular weight is 1160 g/mol. The fraction of sp³-hybridized carbons (Fsp3) is 0.294. The third kappa shape index (κ3) is 11.4. The van der Waals surface area contributed by atoms with Crippen molar-refractivity contribution in [2.24, 2.45) is 0 Å². The first-order valence-electron chi connectivity index (χ1n) is 25.8. The number of hydrogen-bond donors (Lipinski definition) is 1. The van der Waals surface area contributed by atoms with E-state index in [0.29, 0.717) is 11.5 Å². The summed E-state index contributed by atoms with van der Waals surface area (Å²) < 4.78 is 8.93. The van der Waals surface area contributed by atoms with Gasteiger partial charge in [0.2, 0.25) is 0 Å². The van der Waals surface area contributed by atoms with Gasteiger partial charge >= 0.3 is 0 Å². The van der Waals surface area contributed by atoms with Crippen LogP contribution in [0.15, 0.2) is 152 Å². The largest absolute Gasteiger partial charge is 0.516 e. The Morgan fingerprint density at radius 3 is 1.72 bits per heavy atom. The van der Waals surface area contributed by atoms with E-state index in [9.17, 15) is 0 Å². The summed E-state index contributed by atoms with van der Waals surface area (Å²) in [6.45, 7) is 34.1. The van der Waals surface area contributed by atoms with Gasteiger partial charge in [-0.3, -0.25) is 7.05 Å². The Bertz CT molecular complexity index is 3460. The Balaban J connectivity index is 0.00000729.